The van der Waals surface area contributed by atoms with Gasteiger partial charge in [0.05, 0.1) is 6.04 Å². The zero-order valence-corrected chi connectivity index (χ0v) is 14.3. The first-order chi connectivity index (χ1) is 8.63. The van der Waals surface area contributed by atoms with Crippen LogP contribution in [0.4, 0.5) is 0 Å². The van der Waals surface area contributed by atoms with Crippen molar-refractivity contribution < 1.29 is 0 Å². The third kappa shape index (κ3) is 3.05. The lowest BCUT2D eigenvalue weighted by Crippen LogP contribution is -2.22. The van der Waals surface area contributed by atoms with Crippen LogP contribution >= 0.6 is 43.2 Å². The van der Waals surface area contributed by atoms with Gasteiger partial charge in [0.25, 0.3) is 0 Å². The Kier molecular flexibility index (Phi) is 5.01. The van der Waals surface area contributed by atoms with E-state index < -0.39 is 0 Å². The largest absolute Gasteiger partial charge is 0.306 e. The van der Waals surface area contributed by atoms with Crippen LogP contribution in [0.25, 0.3) is 0 Å². The van der Waals surface area contributed by atoms with Gasteiger partial charge in [-0.2, -0.15) is 0 Å². The van der Waals surface area contributed by atoms with Crippen molar-refractivity contribution in [1.82, 2.24) is 5.32 Å². The fourth-order valence-corrected chi connectivity index (χ4v) is 4.04. The van der Waals surface area contributed by atoms with Crippen molar-refractivity contribution in [3.05, 3.63) is 54.6 Å². The van der Waals surface area contributed by atoms with Crippen molar-refractivity contribution in [3.8, 4) is 0 Å². The normalized spacial score (nSPS) is 12.7. The highest BCUT2D eigenvalue weighted by atomic mass is 79.9. The van der Waals surface area contributed by atoms with Gasteiger partial charge in [-0.05, 0) is 48.2 Å². The lowest BCUT2D eigenvalue weighted by atomic mass is 9.99. The number of hydrogen-bond acceptors (Lipinski definition) is 2. The van der Waals surface area contributed by atoms with E-state index in [0.717, 1.165) is 15.5 Å². The van der Waals surface area contributed by atoms with Gasteiger partial charge in [0.2, 0.25) is 0 Å². The number of halogens is 2. The molecule has 0 saturated heterocycles. The van der Waals surface area contributed by atoms with Crippen LogP contribution in [0.3, 0.4) is 0 Å². The van der Waals surface area contributed by atoms with E-state index in [1.165, 1.54) is 16.0 Å². The molecule has 96 valence electrons. The molecule has 0 bridgehead atoms. The van der Waals surface area contributed by atoms with Crippen LogP contribution in [0.15, 0.2) is 38.6 Å². The summed E-state index contributed by atoms with van der Waals surface area (Å²) in [5.74, 6) is 0. The summed E-state index contributed by atoms with van der Waals surface area (Å²) in [6.07, 6.45) is 0. The van der Waals surface area contributed by atoms with E-state index in [1.807, 2.05) is 0 Å². The molecule has 0 fully saturated rings. The molecule has 1 heterocycles. The zero-order valence-electron chi connectivity index (χ0n) is 10.3. The maximum atomic E-state index is 3.66. The monoisotopic (exact) mass is 387 g/mol. The van der Waals surface area contributed by atoms with Crippen LogP contribution in [0.1, 0.15) is 29.0 Å². The number of rotatable bonds is 4. The number of hydrogen-bond donors (Lipinski definition) is 1. The molecule has 1 nitrogen and oxygen atoms in total. The quantitative estimate of drug-likeness (QED) is 0.751. The third-order valence-corrected chi connectivity index (χ3v) is 4.93. The SMILES string of the molecule is CCNC(c1ccc(Br)cc1Br)c1ccsc1C. The molecule has 1 aromatic carbocycles. The fourth-order valence-electron chi connectivity index (χ4n) is 2.02. The molecular formula is C14H15Br2NS. The molecule has 4 heteroatoms. The Bertz CT molecular complexity index is 536. The van der Waals surface area contributed by atoms with Gasteiger partial charge in [-0.3, -0.25) is 0 Å². The second-order valence-corrected chi connectivity index (χ2v) is 6.98. The molecule has 1 aromatic heterocycles. The first-order valence-corrected chi connectivity index (χ1v) is 8.32. The van der Waals surface area contributed by atoms with Crippen molar-refractivity contribution in [2.75, 3.05) is 6.54 Å². The Morgan fingerprint density at radius 3 is 2.56 bits per heavy atom. The first-order valence-electron chi connectivity index (χ1n) is 5.85. The molecule has 1 N–H and O–H groups in total. The minimum absolute atomic E-state index is 0.253. The fraction of sp³-hybridized carbons (Fsp3) is 0.286. The minimum Gasteiger partial charge on any atom is -0.306 e. The summed E-state index contributed by atoms with van der Waals surface area (Å²) in [6.45, 7) is 5.26. The molecule has 0 spiro atoms. The third-order valence-electron chi connectivity index (χ3n) is 2.89. The van der Waals surface area contributed by atoms with Crippen LogP contribution < -0.4 is 5.32 Å². The summed E-state index contributed by atoms with van der Waals surface area (Å²) in [7, 11) is 0. The molecule has 2 aromatic rings. The summed E-state index contributed by atoms with van der Waals surface area (Å²) in [5.41, 5.74) is 2.64. The summed E-state index contributed by atoms with van der Waals surface area (Å²) in [5, 5.41) is 5.72. The highest BCUT2D eigenvalue weighted by Crippen LogP contribution is 2.33. The molecule has 0 aliphatic heterocycles. The van der Waals surface area contributed by atoms with Gasteiger partial charge in [-0.1, -0.05) is 44.8 Å². The van der Waals surface area contributed by atoms with Crippen LogP contribution in [0.2, 0.25) is 0 Å². The van der Waals surface area contributed by atoms with E-state index in [-0.39, 0.29) is 6.04 Å². The summed E-state index contributed by atoms with van der Waals surface area (Å²) < 4.78 is 2.23. The van der Waals surface area contributed by atoms with Crippen LogP contribution in [0, 0.1) is 6.92 Å². The van der Waals surface area contributed by atoms with E-state index >= 15 is 0 Å². The van der Waals surface area contributed by atoms with Crippen LogP contribution in [-0.2, 0) is 0 Å². The standard InChI is InChI=1S/C14H15Br2NS/c1-3-17-14(11-6-7-18-9(11)2)12-5-4-10(15)8-13(12)16/h4-8,14,17H,3H2,1-2H3. The van der Waals surface area contributed by atoms with Crippen molar-refractivity contribution in [1.29, 1.82) is 0 Å². The summed E-state index contributed by atoms with van der Waals surface area (Å²) >= 11 is 8.96. The average molecular weight is 389 g/mol. The lowest BCUT2D eigenvalue weighted by Gasteiger charge is -2.20. The smallest absolute Gasteiger partial charge is 0.0598 e. The molecule has 0 amide bonds. The lowest BCUT2D eigenvalue weighted by molar-refractivity contribution is 0.628. The second-order valence-electron chi connectivity index (χ2n) is 4.09. The predicted octanol–water partition coefficient (Wildman–Crippen LogP) is 5.28. The van der Waals surface area contributed by atoms with Crippen molar-refractivity contribution in [3.63, 3.8) is 0 Å². The van der Waals surface area contributed by atoms with E-state index in [0.29, 0.717) is 0 Å². The number of thiophene rings is 1. The van der Waals surface area contributed by atoms with Gasteiger partial charge in [-0.15, -0.1) is 11.3 Å². The molecule has 0 aliphatic carbocycles. The zero-order chi connectivity index (χ0) is 13.1. The van der Waals surface area contributed by atoms with E-state index in [9.17, 15) is 0 Å². The molecule has 18 heavy (non-hydrogen) atoms. The topological polar surface area (TPSA) is 12.0 Å². The van der Waals surface area contributed by atoms with Gasteiger partial charge in [-0.25, -0.2) is 0 Å². The Balaban J connectivity index is 2.45. The van der Waals surface area contributed by atoms with Gasteiger partial charge >= 0.3 is 0 Å². The summed E-state index contributed by atoms with van der Waals surface area (Å²) in [6, 6.07) is 8.82. The maximum absolute atomic E-state index is 3.66. The Labute approximate surface area is 129 Å². The molecule has 1 atom stereocenters. The predicted molar refractivity (Wildman–Crippen MR) is 86.4 cm³/mol. The summed E-state index contributed by atoms with van der Waals surface area (Å²) in [4.78, 5) is 1.37. The molecule has 0 aliphatic rings. The van der Waals surface area contributed by atoms with E-state index in [1.54, 1.807) is 11.3 Å². The first kappa shape index (κ1) is 14.3. The van der Waals surface area contributed by atoms with Crippen molar-refractivity contribution in [2.45, 2.75) is 19.9 Å². The Morgan fingerprint density at radius 1 is 1.22 bits per heavy atom. The highest BCUT2D eigenvalue weighted by molar-refractivity contribution is 9.11. The van der Waals surface area contributed by atoms with Gasteiger partial charge in [0, 0.05) is 13.8 Å². The van der Waals surface area contributed by atoms with Crippen molar-refractivity contribution in [2.24, 2.45) is 0 Å². The van der Waals surface area contributed by atoms with Gasteiger partial charge < -0.3 is 5.32 Å². The number of aryl methyl sites for hydroxylation is 1. The molecule has 0 saturated carbocycles. The van der Waals surface area contributed by atoms with Gasteiger partial charge in [0.15, 0.2) is 0 Å². The number of nitrogens with one attached hydrogen (secondary N) is 1. The number of benzene rings is 1. The Hall–Kier alpha value is -0.160. The highest BCUT2D eigenvalue weighted by Gasteiger charge is 2.18. The maximum Gasteiger partial charge on any atom is 0.0598 e. The van der Waals surface area contributed by atoms with Gasteiger partial charge in [0.1, 0.15) is 0 Å². The van der Waals surface area contributed by atoms with E-state index in [2.05, 4.69) is 80.7 Å². The molecule has 2 rings (SSSR count). The van der Waals surface area contributed by atoms with E-state index in [4.69, 9.17) is 0 Å². The Morgan fingerprint density at radius 2 is 2.00 bits per heavy atom. The van der Waals surface area contributed by atoms with Crippen LogP contribution in [0.5, 0.6) is 0 Å². The second kappa shape index (κ2) is 6.33. The molecular weight excluding hydrogens is 374 g/mol. The average Bonchev–Trinajstić information content (AvgIpc) is 2.73. The molecule has 1 unspecified atom stereocenters. The minimum atomic E-state index is 0.253. The van der Waals surface area contributed by atoms with Crippen molar-refractivity contribution >= 4 is 43.2 Å². The van der Waals surface area contributed by atoms with Crippen LogP contribution in [-0.4, -0.2) is 6.54 Å². The molecule has 0 radical (unpaired) electrons.